The van der Waals surface area contributed by atoms with E-state index in [0.29, 0.717) is 12.8 Å². The van der Waals surface area contributed by atoms with Gasteiger partial charge in [0.15, 0.2) is 0 Å². The van der Waals surface area contributed by atoms with E-state index in [2.05, 4.69) is 15.3 Å². The predicted molar refractivity (Wildman–Crippen MR) is 97.2 cm³/mol. The average molecular weight is 331 g/mol. The Morgan fingerprint density at radius 2 is 2.00 bits per heavy atom. The lowest BCUT2D eigenvalue weighted by molar-refractivity contribution is -0.116. The fourth-order valence-electron chi connectivity index (χ4n) is 2.75. The van der Waals surface area contributed by atoms with Crippen LogP contribution in [0.2, 0.25) is 0 Å². The number of anilines is 1. The topological polar surface area (TPSA) is 70.9 Å². The van der Waals surface area contributed by atoms with Crippen molar-refractivity contribution in [2.24, 2.45) is 0 Å². The summed E-state index contributed by atoms with van der Waals surface area (Å²) in [7, 11) is 0. The Balaban J connectivity index is 1.48. The van der Waals surface area contributed by atoms with E-state index in [9.17, 15) is 4.79 Å². The molecule has 1 amide bonds. The number of para-hydroxylation sites is 2. The number of rotatable bonds is 5. The van der Waals surface area contributed by atoms with Crippen molar-refractivity contribution in [2.45, 2.75) is 12.8 Å². The van der Waals surface area contributed by atoms with E-state index in [-0.39, 0.29) is 5.91 Å². The first-order valence-electron chi connectivity index (χ1n) is 8.15. The smallest absolute Gasteiger partial charge is 0.224 e. The standard InChI is InChI=1S/C20H17N3O2/c24-19(11-10-16-7-4-12-25-16)21-15-6-3-5-14(13-15)20-22-17-8-1-2-9-18(17)23-20/h1-9,12-13H,10-11H2,(H,21,24)(H,22,23). The zero-order valence-electron chi connectivity index (χ0n) is 13.5. The number of aromatic amines is 1. The van der Waals surface area contributed by atoms with Gasteiger partial charge in [-0.15, -0.1) is 0 Å². The van der Waals surface area contributed by atoms with Crippen LogP contribution >= 0.6 is 0 Å². The molecule has 2 N–H and O–H groups in total. The SMILES string of the molecule is O=C(CCc1ccco1)Nc1cccc(-c2nc3ccccc3[nH]2)c1. The Hall–Kier alpha value is -3.34. The van der Waals surface area contributed by atoms with Crippen LogP contribution in [0, 0.1) is 0 Å². The molecular weight excluding hydrogens is 314 g/mol. The summed E-state index contributed by atoms with van der Waals surface area (Å²) < 4.78 is 5.25. The molecule has 5 nitrogen and oxygen atoms in total. The van der Waals surface area contributed by atoms with Crippen LogP contribution in [0.3, 0.4) is 0 Å². The normalized spacial score (nSPS) is 10.9. The highest BCUT2D eigenvalue weighted by atomic mass is 16.3. The van der Waals surface area contributed by atoms with Gasteiger partial charge in [0, 0.05) is 24.1 Å². The second-order valence-electron chi connectivity index (χ2n) is 5.81. The number of carbonyl (C=O) groups excluding carboxylic acids is 1. The van der Waals surface area contributed by atoms with Crippen LogP contribution < -0.4 is 5.32 Å². The molecule has 0 aliphatic heterocycles. The summed E-state index contributed by atoms with van der Waals surface area (Å²) in [5, 5.41) is 2.93. The minimum absolute atomic E-state index is 0.0434. The number of fused-ring (bicyclic) bond motifs is 1. The molecule has 0 radical (unpaired) electrons. The van der Waals surface area contributed by atoms with Crippen LogP contribution in [0.1, 0.15) is 12.2 Å². The van der Waals surface area contributed by atoms with Crippen molar-refractivity contribution < 1.29 is 9.21 Å². The zero-order valence-corrected chi connectivity index (χ0v) is 13.5. The molecule has 2 aromatic carbocycles. The number of furan rings is 1. The van der Waals surface area contributed by atoms with Crippen molar-refractivity contribution in [1.29, 1.82) is 0 Å². The van der Waals surface area contributed by atoms with Gasteiger partial charge in [0.2, 0.25) is 5.91 Å². The van der Waals surface area contributed by atoms with Crippen molar-refractivity contribution in [3.05, 3.63) is 72.7 Å². The van der Waals surface area contributed by atoms with Gasteiger partial charge in [0.25, 0.3) is 0 Å². The molecule has 2 heterocycles. The van der Waals surface area contributed by atoms with Gasteiger partial charge in [0.05, 0.1) is 17.3 Å². The van der Waals surface area contributed by atoms with E-state index < -0.39 is 0 Å². The van der Waals surface area contributed by atoms with Gasteiger partial charge in [-0.3, -0.25) is 4.79 Å². The fourth-order valence-corrected chi connectivity index (χ4v) is 2.75. The van der Waals surface area contributed by atoms with Crippen molar-refractivity contribution >= 4 is 22.6 Å². The summed E-state index contributed by atoms with van der Waals surface area (Å²) in [6, 6.07) is 19.3. The van der Waals surface area contributed by atoms with E-state index in [0.717, 1.165) is 33.9 Å². The predicted octanol–water partition coefficient (Wildman–Crippen LogP) is 4.39. The van der Waals surface area contributed by atoms with Crippen LogP contribution in [0.15, 0.2) is 71.3 Å². The van der Waals surface area contributed by atoms with Gasteiger partial charge in [-0.25, -0.2) is 4.98 Å². The summed E-state index contributed by atoms with van der Waals surface area (Å²) in [6.07, 6.45) is 2.58. The number of nitrogens with zero attached hydrogens (tertiary/aromatic N) is 1. The van der Waals surface area contributed by atoms with Gasteiger partial charge in [-0.05, 0) is 36.4 Å². The van der Waals surface area contributed by atoms with Gasteiger partial charge in [0.1, 0.15) is 11.6 Å². The van der Waals surface area contributed by atoms with Crippen molar-refractivity contribution in [2.75, 3.05) is 5.32 Å². The number of amides is 1. The number of carbonyl (C=O) groups is 1. The third kappa shape index (κ3) is 3.45. The van der Waals surface area contributed by atoms with Crippen molar-refractivity contribution in [3.8, 4) is 11.4 Å². The van der Waals surface area contributed by atoms with Gasteiger partial charge >= 0.3 is 0 Å². The first-order chi connectivity index (χ1) is 12.3. The van der Waals surface area contributed by atoms with E-state index in [1.807, 2.05) is 60.7 Å². The van der Waals surface area contributed by atoms with E-state index in [4.69, 9.17) is 4.42 Å². The number of aromatic nitrogens is 2. The first kappa shape index (κ1) is 15.2. The summed E-state index contributed by atoms with van der Waals surface area (Å²) in [4.78, 5) is 20.0. The maximum atomic E-state index is 12.1. The van der Waals surface area contributed by atoms with Gasteiger partial charge < -0.3 is 14.7 Å². The largest absolute Gasteiger partial charge is 0.469 e. The second kappa shape index (κ2) is 6.65. The molecule has 25 heavy (non-hydrogen) atoms. The maximum absolute atomic E-state index is 12.1. The monoisotopic (exact) mass is 331 g/mol. The molecule has 0 bridgehead atoms. The van der Waals surface area contributed by atoms with Crippen LogP contribution in [0.4, 0.5) is 5.69 Å². The number of imidazole rings is 1. The molecule has 0 aliphatic rings. The second-order valence-corrected chi connectivity index (χ2v) is 5.81. The van der Waals surface area contributed by atoms with Crippen LogP contribution in [0.5, 0.6) is 0 Å². The summed E-state index contributed by atoms with van der Waals surface area (Å²) in [6.45, 7) is 0. The van der Waals surface area contributed by atoms with Crippen molar-refractivity contribution in [1.82, 2.24) is 9.97 Å². The molecule has 0 unspecified atom stereocenters. The quantitative estimate of drug-likeness (QED) is 0.569. The highest BCUT2D eigenvalue weighted by Crippen LogP contribution is 2.23. The molecule has 0 spiro atoms. The highest BCUT2D eigenvalue weighted by molar-refractivity contribution is 5.91. The van der Waals surface area contributed by atoms with Crippen molar-refractivity contribution in [3.63, 3.8) is 0 Å². The molecule has 0 aliphatic carbocycles. The summed E-state index contributed by atoms with van der Waals surface area (Å²) in [5.41, 5.74) is 3.60. The van der Waals surface area contributed by atoms with Crippen LogP contribution in [0.25, 0.3) is 22.4 Å². The number of hydrogen-bond acceptors (Lipinski definition) is 3. The molecule has 4 aromatic rings. The van der Waals surface area contributed by atoms with Gasteiger partial charge in [-0.2, -0.15) is 0 Å². The van der Waals surface area contributed by atoms with E-state index in [1.165, 1.54) is 0 Å². The molecule has 124 valence electrons. The number of hydrogen-bond donors (Lipinski definition) is 2. The van der Waals surface area contributed by atoms with Crippen LogP contribution in [-0.4, -0.2) is 15.9 Å². The van der Waals surface area contributed by atoms with Crippen LogP contribution in [-0.2, 0) is 11.2 Å². The molecule has 2 aromatic heterocycles. The Bertz CT molecular complexity index is 970. The lowest BCUT2D eigenvalue weighted by Gasteiger charge is -2.06. The lowest BCUT2D eigenvalue weighted by Crippen LogP contribution is -2.12. The summed E-state index contributed by atoms with van der Waals surface area (Å²) >= 11 is 0. The van der Waals surface area contributed by atoms with Gasteiger partial charge in [-0.1, -0.05) is 24.3 Å². The summed E-state index contributed by atoms with van der Waals surface area (Å²) in [5.74, 6) is 1.55. The number of H-pyrrole nitrogens is 1. The molecule has 0 saturated carbocycles. The maximum Gasteiger partial charge on any atom is 0.224 e. The third-order valence-corrected chi connectivity index (χ3v) is 3.99. The number of aryl methyl sites for hydroxylation is 1. The Morgan fingerprint density at radius 3 is 2.84 bits per heavy atom. The van der Waals surface area contributed by atoms with E-state index >= 15 is 0 Å². The molecular formula is C20H17N3O2. The molecule has 5 heteroatoms. The Morgan fingerprint density at radius 1 is 1.08 bits per heavy atom. The first-order valence-corrected chi connectivity index (χ1v) is 8.15. The number of nitrogens with one attached hydrogen (secondary N) is 2. The van der Waals surface area contributed by atoms with E-state index in [1.54, 1.807) is 6.26 Å². The minimum Gasteiger partial charge on any atom is -0.469 e. The molecule has 4 rings (SSSR count). The Labute approximate surface area is 144 Å². The fraction of sp³-hybridized carbons (Fsp3) is 0.100. The lowest BCUT2D eigenvalue weighted by atomic mass is 10.2. The Kier molecular flexibility index (Phi) is 4.04. The zero-order chi connectivity index (χ0) is 17.1. The number of benzene rings is 2. The molecule has 0 saturated heterocycles. The molecule has 0 fully saturated rings. The average Bonchev–Trinajstić information content (AvgIpc) is 3.29. The highest BCUT2D eigenvalue weighted by Gasteiger charge is 2.08. The minimum atomic E-state index is -0.0434. The molecule has 0 atom stereocenters. The third-order valence-electron chi connectivity index (χ3n) is 3.99.